The minimum absolute atomic E-state index is 0.812. The minimum atomic E-state index is 0.812. The van der Waals surface area contributed by atoms with Gasteiger partial charge in [0, 0.05) is 0 Å². The topological polar surface area (TPSA) is 0 Å². The van der Waals surface area contributed by atoms with Gasteiger partial charge in [0.15, 0.2) is 0 Å². The molecule has 0 nitrogen and oxygen atoms in total. The van der Waals surface area contributed by atoms with Crippen LogP contribution in [0, 0.1) is 11.8 Å². The first-order chi connectivity index (χ1) is 4.24. The molecular weight excluding hydrogens is 128 g/mol. The van der Waals surface area contributed by atoms with Crippen LogP contribution in [0.4, 0.5) is 0 Å². The van der Waals surface area contributed by atoms with Crippen LogP contribution in [-0.2, 0) is 0 Å². The maximum absolute atomic E-state index is 2.40. The first kappa shape index (κ1) is 7.20. The molecule has 0 bridgehead atoms. The van der Waals surface area contributed by atoms with E-state index in [1.54, 1.807) is 4.91 Å². The Morgan fingerprint density at radius 3 is 2.44 bits per heavy atom. The molecule has 1 aliphatic rings. The largest absolute Gasteiger partial charge is 0.134 e. The fourth-order valence-corrected chi connectivity index (χ4v) is 1.96. The number of allylic oxidation sites excluding steroid dienone is 2. The van der Waals surface area contributed by atoms with Crippen LogP contribution in [0.3, 0.4) is 0 Å². The molecule has 9 heavy (non-hydrogen) atoms. The van der Waals surface area contributed by atoms with E-state index in [-0.39, 0.29) is 0 Å². The highest BCUT2D eigenvalue weighted by atomic mass is 32.2. The Bertz CT molecular complexity index is 127. The van der Waals surface area contributed by atoms with E-state index in [0.29, 0.717) is 0 Å². The van der Waals surface area contributed by atoms with Crippen molar-refractivity contribution in [1.82, 2.24) is 0 Å². The lowest BCUT2D eigenvalue weighted by atomic mass is 10.0. The summed E-state index contributed by atoms with van der Waals surface area (Å²) in [5.41, 5.74) is 0. The van der Waals surface area contributed by atoms with E-state index >= 15 is 0 Å². The summed E-state index contributed by atoms with van der Waals surface area (Å²) in [5, 5.41) is 0. The van der Waals surface area contributed by atoms with Crippen molar-refractivity contribution in [3.63, 3.8) is 0 Å². The monoisotopic (exact) mass is 142 g/mol. The molecule has 0 saturated heterocycles. The van der Waals surface area contributed by atoms with Crippen LogP contribution in [0.1, 0.15) is 20.3 Å². The highest BCUT2D eigenvalue weighted by Crippen LogP contribution is 2.34. The summed E-state index contributed by atoms with van der Waals surface area (Å²) < 4.78 is 0. The van der Waals surface area contributed by atoms with Crippen molar-refractivity contribution in [2.45, 2.75) is 20.3 Å². The molecule has 0 unspecified atom stereocenters. The van der Waals surface area contributed by atoms with E-state index in [4.69, 9.17) is 0 Å². The molecule has 0 spiro atoms. The molecule has 2 atom stereocenters. The highest BCUT2D eigenvalue weighted by molar-refractivity contribution is 8.02. The van der Waals surface area contributed by atoms with Gasteiger partial charge >= 0.3 is 0 Å². The Hall–Kier alpha value is 0.0900. The minimum Gasteiger partial charge on any atom is -0.134 e. The van der Waals surface area contributed by atoms with Crippen molar-refractivity contribution in [1.29, 1.82) is 0 Å². The summed E-state index contributed by atoms with van der Waals surface area (Å²) in [5.74, 6) is 1.69. The first-order valence-corrected chi connectivity index (χ1v) is 4.71. The number of hydrogen-bond acceptors (Lipinski definition) is 1. The fourth-order valence-electron chi connectivity index (χ4n) is 1.18. The van der Waals surface area contributed by atoms with Gasteiger partial charge in [-0.05, 0) is 29.4 Å². The quantitative estimate of drug-likeness (QED) is 0.542. The van der Waals surface area contributed by atoms with Gasteiger partial charge in [0.25, 0.3) is 0 Å². The number of hydrogen-bond donors (Lipinski definition) is 0. The lowest BCUT2D eigenvalue weighted by Gasteiger charge is -2.05. The molecule has 0 aromatic carbocycles. The molecule has 1 rings (SSSR count). The zero-order valence-electron chi connectivity index (χ0n) is 6.35. The average molecular weight is 142 g/mol. The summed E-state index contributed by atoms with van der Waals surface area (Å²) in [4.78, 5) is 1.58. The Labute approximate surface area is 61.7 Å². The molecule has 0 amide bonds. The molecule has 1 aliphatic carbocycles. The van der Waals surface area contributed by atoms with Crippen molar-refractivity contribution < 1.29 is 0 Å². The molecule has 0 aliphatic heterocycles. The molecule has 0 heterocycles. The van der Waals surface area contributed by atoms with Crippen molar-refractivity contribution in [3.05, 3.63) is 11.0 Å². The molecule has 0 saturated carbocycles. The first-order valence-electron chi connectivity index (χ1n) is 3.48. The van der Waals surface area contributed by atoms with Crippen molar-refractivity contribution in [2.75, 3.05) is 6.26 Å². The predicted molar refractivity (Wildman–Crippen MR) is 44.5 cm³/mol. The predicted octanol–water partition coefficient (Wildman–Crippen LogP) is 2.91. The van der Waals surface area contributed by atoms with Gasteiger partial charge in [0.1, 0.15) is 0 Å². The van der Waals surface area contributed by atoms with Crippen LogP contribution in [0.2, 0.25) is 0 Å². The van der Waals surface area contributed by atoms with Crippen molar-refractivity contribution in [3.8, 4) is 0 Å². The summed E-state index contributed by atoms with van der Waals surface area (Å²) in [6, 6.07) is 0. The van der Waals surface area contributed by atoms with Gasteiger partial charge in [0.05, 0.1) is 0 Å². The highest BCUT2D eigenvalue weighted by Gasteiger charge is 2.18. The molecule has 0 radical (unpaired) electrons. The maximum atomic E-state index is 2.40. The smallest absolute Gasteiger partial charge is 0.0140 e. The Kier molecular flexibility index (Phi) is 2.23. The number of rotatable bonds is 1. The maximum Gasteiger partial charge on any atom is -0.0140 e. The van der Waals surface area contributed by atoms with E-state index in [9.17, 15) is 0 Å². The van der Waals surface area contributed by atoms with Gasteiger partial charge < -0.3 is 0 Å². The van der Waals surface area contributed by atoms with Crippen molar-refractivity contribution in [2.24, 2.45) is 11.8 Å². The zero-order chi connectivity index (χ0) is 6.85. The molecule has 0 fully saturated rings. The second-order valence-electron chi connectivity index (χ2n) is 2.88. The summed E-state index contributed by atoms with van der Waals surface area (Å²) >= 11 is 1.90. The lowest BCUT2D eigenvalue weighted by molar-refractivity contribution is 0.497. The Balaban J connectivity index is 2.52. The van der Waals surface area contributed by atoms with E-state index in [2.05, 4.69) is 26.2 Å². The molecular formula is C8H14S. The van der Waals surface area contributed by atoms with Crippen LogP contribution in [0.5, 0.6) is 0 Å². The standard InChI is InChI=1S/C8H14S/c1-6-4-8(9-3)5-7(6)2/h4,6-7H,5H2,1-3H3/t6-,7-/m0/s1. The third-order valence-electron chi connectivity index (χ3n) is 2.13. The molecule has 1 heteroatoms. The lowest BCUT2D eigenvalue weighted by Crippen LogP contribution is -1.96. The SMILES string of the molecule is CSC1=C[C@H](C)[C@@H](C)C1. The van der Waals surface area contributed by atoms with Gasteiger partial charge in [-0.25, -0.2) is 0 Å². The molecule has 52 valence electrons. The second-order valence-corrected chi connectivity index (χ2v) is 3.81. The Morgan fingerprint density at radius 2 is 2.22 bits per heavy atom. The number of thioether (sulfide) groups is 1. The normalized spacial score (nSPS) is 34.8. The van der Waals surface area contributed by atoms with E-state index in [1.807, 2.05) is 11.8 Å². The summed E-state index contributed by atoms with van der Waals surface area (Å²) in [6.07, 6.45) is 5.87. The van der Waals surface area contributed by atoms with E-state index < -0.39 is 0 Å². The van der Waals surface area contributed by atoms with Crippen molar-refractivity contribution >= 4 is 11.8 Å². The average Bonchev–Trinajstić information content (AvgIpc) is 2.13. The third kappa shape index (κ3) is 1.51. The summed E-state index contributed by atoms with van der Waals surface area (Å²) in [6.45, 7) is 4.62. The fraction of sp³-hybridized carbons (Fsp3) is 0.750. The molecule has 0 aromatic heterocycles. The second kappa shape index (κ2) is 2.78. The third-order valence-corrected chi connectivity index (χ3v) is 2.96. The zero-order valence-corrected chi connectivity index (χ0v) is 7.16. The van der Waals surface area contributed by atoms with Gasteiger partial charge in [0.2, 0.25) is 0 Å². The van der Waals surface area contributed by atoms with Crippen LogP contribution in [0.25, 0.3) is 0 Å². The van der Waals surface area contributed by atoms with Crippen LogP contribution < -0.4 is 0 Å². The summed E-state index contributed by atoms with van der Waals surface area (Å²) in [7, 11) is 0. The van der Waals surface area contributed by atoms with Crippen LogP contribution in [0.15, 0.2) is 11.0 Å². The van der Waals surface area contributed by atoms with Gasteiger partial charge in [-0.3, -0.25) is 0 Å². The van der Waals surface area contributed by atoms with Crippen LogP contribution >= 0.6 is 11.8 Å². The van der Waals surface area contributed by atoms with Gasteiger partial charge in [-0.15, -0.1) is 11.8 Å². The van der Waals surface area contributed by atoms with E-state index in [1.165, 1.54) is 6.42 Å². The molecule has 0 N–H and O–H groups in total. The Morgan fingerprint density at radius 1 is 1.56 bits per heavy atom. The van der Waals surface area contributed by atoms with E-state index in [0.717, 1.165) is 11.8 Å². The van der Waals surface area contributed by atoms with Crippen LogP contribution in [-0.4, -0.2) is 6.26 Å². The van der Waals surface area contributed by atoms with Gasteiger partial charge in [-0.2, -0.15) is 0 Å². The van der Waals surface area contributed by atoms with Gasteiger partial charge in [-0.1, -0.05) is 19.9 Å². The molecule has 0 aromatic rings.